The van der Waals surface area contributed by atoms with Gasteiger partial charge in [-0.2, -0.15) is 0 Å². The van der Waals surface area contributed by atoms with Gasteiger partial charge in [-0.05, 0) is 36.4 Å². The maximum absolute atomic E-state index is 15.3. The van der Waals surface area contributed by atoms with Crippen molar-refractivity contribution >= 4 is 11.7 Å². The Labute approximate surface area is 215 Å². The summed E-state index contributed by atoms with van der Waals surface area (Å²) in [5.41, 5.74) is 2.68. The summed E-state index contributed by atoms with van der Waals surface area (Å²) in [6.07, 6.45) is 0. The lowest BCUT2D eigenvalue weighted by Crippen LogP contribution is -2.19. The molecule has 0 radical (unpaired) electrons. The van der Waals surface area contributed by atoms with Crippen molar-refractivity contribution in [2.75, 3.05) is 40.4 Å². The molecule has 2 heterocycles. The lowest BCUT2D eigenvalue weighted by atomic mass is 10.1. The lowest BCUT2D eigenvalue weighted by Gasteiger charge is -2.15. The number of halogens is 1. The highest BCUT2D eigenvalue weighted by atomic mass is 19.1. The molecule has 5 rings (SSSR count). The van der Waals surface area contributed by atoms with E-state index in [2.05, 4.69) is 20.6 Å². The van der Waals surface area contributed by atoms with Crippen LogP contribution in [-0.2, 0) is 13.2 Å². The fourth-order valence-corrected chi connectivity index (χ4v) is 4.22. The fraction of sp³-hybridized carbons (Fsp3) is 0.286. The number of benzene rings is 3. The van der Waals surface area contributed by atoms with Gasteiger partial charge in [0.2, 0.25) is 0 Å². The van der Waals surface area contributed by atoms with Gasteiger partial charge in [-0.3, -0.25) is 9.98 Å². The SMILES string of the molecule is COc1cc(C2=NCCN2)ccc1OCc1cccc(COc2ccc(C3=NCCN3)cc2OC)c1F. The average molecular weight is 505 g/mol. The highest BCUT2D eigenvalue weighted by Gasteiger charge is 2.16. The summed E-state index contributed by atoms with van der Waals surface area (Å²) in [7, 11) is 3.15. The van der Waals surface area contributed by atoms with Gasteiger partial charge < -0.3 is 29.6 Å². The molecule has 2 N–H and O–H groups in total. The normalized spacial score (nSPS) is 14.4. The Balaban J connectivity index is 1.26. The first kappa shape index (κ1) is 24.4. The molecule has 192 valence electrons. The van der Waals surface area contributed by atoms with E-state index >= 15 is 4.39 Å². The molecule has 0 fully saturated rings. The average Bonchev–Trinajstić information content (AvgIpc) is 3.67. The van der Waals surface area contributed by atoms with Crippen molar-refractivity contribution in [3.63, 3.8) is 0 Å². The minimum atomic E-state index is -0.373. The van der Waals surface area contributed by atoms with Gasteiger partial charge in [0.25, 0.3) is 0 Å². The van der Waals surface area contributed by atoms with E-state index in [1.54, 1.807) is 32.4 Å². The van der Waals surface area contributed by atoms with Crippen LogP contribution in [-0.4, -0.2) is 52.1 Å². The van der Waals surface area contributed by atoms with Gasteiger partial charge in [-0.1, -0.05) is 18.2 Å². The first-order valence-corrected chi connectivity index (χ1v) is 12.1. The molecule has 9 heteroatoms. The summed E-state index contributed by atoms with van der Waals surface area (Å²) in [5, 5.41) is 6.48. The van der Waals surface area contributed by atoms with Crippen molar-refractivity contribution in [3.05, 3.63) is 82.7 Å². The summed E-state index contributed by atoms with van der Waals surface area (Å²) in [4.78, 5) is 8.86. The number of rotatable bonds is 10. The number of amidine groups is 2. The summed E-state index contributed by atoms with van der Waals surface area (Å²) in [6.45, 7) is 3.23. The van der Waals surface area contributed by atoms with E-state index < -0.39 is 0 Å². The highest BCUT2D eigenvalue weighted by Crippen LogP contribution is 2.31. The molecule has 0 unspecified atom stereocenters. The number of hydrogen-bond acceptors (Lipinski definition) is 8. The number of methoxy groups -OCH3 is 2. The predicted molar refractivity (Wildman–Crippen MR) is 140 cm³/mol. The number of ether oxygens (including phenoxy) is 4. The maximum Gasteiger partial charge on any atom is 0.161 e. The number of aliphatic imine (C=N–C) groups is 2. The number of nitrogens with one attached hydrogen (secondary N) is 2. The number of nitrogens with zero attached hydrogens (tertiary/aromatic N) is 2. The van der Waals surface area contributed by atoms with Crippen molar-refractivity contribution in [1.82, 2.24) is 10.6 Å². The Kier molecular flexibility index (Phi) is 7.39. The fourth-order valence-electron chi connectivity index (χ4n) is 4.22. The van der Waals surface area contributed by atoms with E-state index in [9.17, 15) is 0 Å². The molecule has 37 heavy (non-hydrogen) atoms. The molecule has 2 aliphatic heterocycles. The molecular weight excluding hydrogens is 475 g/mol. The minimum Gasteiger partial charge on any atom is -0.493 e. The van der Waals surface area contributed by atoms with E-state index in [1.165, 1.54) is 0 Å². The molecule has 0 saturated carbocycles. The van der Waals surface area contributed by atoms with E-state index in [0.29, 0.717) is 34.1 Å². The van der Waals surface area contributed by atoms with E-state index in [0.717, 1.165) is 49.0 Å². The third kappa shape index (κ3) is 5.45. The standard InChI is InChI=1S/C28H29FN4O4/c1-34-24-14-18(27-30-10-11-31-27)6-8-22(24)36-16-20-4-3-5-21(26(20)29)17-37-23-9-7-19(15-25(23)35-2)28-32-12-13-33-28/h3-9,14-15H,10-13,16-17H2,1-2H3,(H,30,31)(H,32,33). The van der Waals surface area contributed by atoms with Crippen LogP contribution < -0.4 is 29.6 Å². The zero-order chi connectivity index (χ0) is 25.6. The van der Waals surface area contributed by atoms with Crippen LogP contribution in [0.4, 0.5) is 4.39 Å². The highest BCUT2D eigenvalue weighted by molar-refractivity contribution is 6.00. The van der Waals surface area contributed by atoms with Crippen molar-refractivity contribution in [3.8, 4) is 23.0 Å². The predicted octanol–water partition coefficient (Wildman–Crippen LogP) is 3.70. The molecule has 0 bridgehead atoms. The Morgan fingerprint density at radius 2 is 1.19 bits per heavy atom. The Bertz CT molecular complexity index is 1240. The van der Waals surface area contributed by atoms with E-state index in [-0.39, 0.29) is 19.0 Å². The molecule has 0 atom stereocenters. The summed E-state index contributed by atoms with van der Waals surface area (Å²) < 4.78 is 38.1. The first-order chi connectivity index (χ1) is 18.2. The molecular formula is C28H29FN4O4. The Morgan fingerprint density at radius 1 is 0.703 bits per heavy atom. The molecule has 0 aliphatic carbocycles. The second kappa shape index (κ2) is 11.2. The zero-order valence-corrected chi connectivity index (χ0v) is 20.8. The molecule has 0 spiro atoms. The van der Waals surface area contributed by atoms with Crippen LogP contribution >= 0.6 is 0 Å². The number of hydrogen-bond donors (Lipinski definition) is 2. The second-order valence-electron chi connectivity index (χ2n) is 8.51. The van der Waals surface area contributed by atoms with Crippen molar-refractivity contribution < 1.29 is 23.3 Å². The van der Waals surface area contributed by atoms with Crippen molar-refractivity contribution in [2.24, 2.45) is 9.98 Å². The van der Waals surface area contributed by atoms with Gasteiger partial charge >= 0.3 is 0 Å². The van der Waals surface area contributed by atoms with Crippen LogP contribution in [0.1, 0.15) is 22.3 Å². The third-order valence-electron chi connectivity index (χ3n) is 6.15. The van der Waals surface area contributed by atoms with Gasteiger partial charge in [-0.25, -0.2) is 4.39 Å². The summed E-state index contributed by atoms with van der Waals surface area (Å²) in [6, 6.07) is 16.3. The van der Waals surface area contributed by atoms with Gasteiger partial charge in [-0.15, -0.1) is 0 Å². The smallest absolute Gasteiger partial charge is 0.161 e. The lowest BCUT2D eigenvalue weighted by molar-refractivity contribution is 0.270. The second-order valence-corrected chi connectivity index (χ2v) is 8.51. The quantitative estimate of drug-likeness (QED) is 0.438. The Morgan fingerprint density at radius 3 is 1.59 bits per heavy atom. The maximum atomic E-state index is 15.3. The minimum absolute atomic E-state index is 0.0434. The van der Waals surface area contributed by atoms with Crippen LogP contribution in [0.5, 0.6) is 23.0 Å². The van der Waals surface area contributed by atoms with Crippen molar-refractivity contribution in [1.29, 1.82) is 0 Å². The first-order valence-electron chi connectivity index (χ1n) is 12.1. The third-order valence-corrected chi connectivity index (χ3v) is 6.15. The molecule has 3 aromatic carbocycles. The molecule has 8 nitrogen and oxygen atoms in total. The van der Waals surface area contributed by atoms with Gasteiger partial charge in [0.1, 0.15) is 30.7 Å². The summed E-state index contributed by atoms with van der Waals surface area (Å²) >= 11 is 0. The molecule has 0 aromatic heterocycles. The van der Waals surface area contributed by atoms with E-state index in [4.69, 9.17) is 18.9 Å². The van der Waals surface area contributed by atoms with E-state index in [1.807, 2.05) is 36.4 Å². The largest absolute Gasteiger partial charge is 0.493 e. The van der Waals surface area contributed by atoms with Gasteiger partial charge in [0, 0.05) is 35.3 Å². The van der Waals surface area contributed by atoms with Crippen LogP contribution in [0.25, 0.3) is 0 Å². The van der Waals surface area contributed by atoms with Crippen LogP contribution in [0.2, 0.25) is 0 Å². The topological polar surface area (TPSA) is 85.7 Å². The van der Waals surface area contributed by atoms with Crippen molar-refractivity contribution in [2.45, 2.75) is 13.2 Å². The van der Waals surface area contributed by atoms with Crippen LogP contribution in [0, 0.1) is 5.82 Å². The van der Waals surface area contributed by atoms with Crippen LogP contribution in [0.3, 0.4) is 0 Å². The molecule has 0 saturated heterocycles. The van der Waals surface area contributed by atoms with Gasteiger partial charge in [0.05, 0.1) is 27.3 Å². The zero-order valence-electron chi connectivity index (χ0n) is 20.8. The Hall–Kier alpha value is -4.27. The molecule has 0 amide bonds. The summed E-state index contributed by atoms with van der Waals surface area (Å²) in [5.74, 6) is 3.46. The van der Waals surface area contributed by atoms with Crippen LogP contribution in [0.15, 0.2) is 64.6 Å². The monoisotopic (exact) mass is 504 g/mol. The molecule has 2 aliphatic rings. The molecule has 3 aromatic rings. The van der Waals surface area contributed by atoms with Gasteiger partial charge in [0.15, 0.2) is 23.0 Å².